The number of carbonyl (C=O) groups excluding carboxylic acids is 3. The maximum atomic E-state index is 13.2. The average molecular weight is 432 g/mol. The molecule has 0 radical (unpaired) electrons. The first-order valence-electron chi connectivity index (χ1n) is 8.86. The topological polar surface area (TPSA) is 144 Å². The van der Waals surface area contributed by atoms with E-state index in [1.165, 1.54) is 43.5 Å². The molecule has 0 saturated carbocycles. The Hall–Kier alpha value is -3.40. The first-order valence-corrected chi connectivity index (χ1v) is 10.9. The Kier molecular flexibility index (Phi) is 5.53. The van der Waals surface area contributed by atoms with Gasteiger partial charge in [-0.1, -0.05) is 18.2 Å². The molecule has 0 aromatic heterocycles. The summed E-state index contributed by atoms with van der Waals surface area (Å²) in [6.07, 6.45) is 0.746. The van der Waals surface area contributed by atoms with Crippen LogP contribution >= 0.6 is 0 Å². The normalized spacial score (nSPS) is 14.5. The molecule has 2 aromatic carbocycles. The van der Waals surface area contributed by atoms with Gasteiger partial charge in [-0.2, -0.15) is 0 Å². The molecule has 0 bridgehead atoms. The van der Waals surface area contributed by atoms with E-state index in [-0.39, 0.29) is 40.2 Å². The first-order chi connectivity index (χ1) is 14.0. The third-order valence-corrected chi connectivity index (χ3v) is 5.68. The van der Waals surface area contributed by atoms with Crippen LogP contribution in [0, 0.1) is 0 Å². The number of nitrogens with zero attached hydrogens (tertiary/aromatic N) is 1. The molecule has 1 unspecified atom stereocenters. The van der Waals surface area contributed by atoms with Gasteiger partial charge >= 0.3 is 0 Å². The van der Waals surface area contributed by atoms with Gasteiger partial charge in [-0.25, -0.2) is 8.42 Å². The van der Waals surface area contributed by atoms with Crippen molar-refractivity contribution in [3.8, 4) is 11.5 Å². The molecule has 30 heavy (non-hydrogen) atoms. The van der Waals surface area contributed by atoms with Gasteiger partial charge in [0.25, 0.3) is 11.8 Å². The van der Waals surface area contributed by atoms with Gasteiger partial charge in [0.05, 0.1) is 36.5 Å². The maximum absolute atomic E-state index is 13.2. The quantitative estimate of drug-likeness (QED) is 0.616. The van der Waals surface area contributed by atoms with E-state index in [0.29, 0.717) is 0 Å². The molecule has 1 aliphatic rings. The second-order valence-corrected chi connectivity index (χ2v) is 9.19. The fraction of sp³-hybridized carbons (Fsp3) is 0.250. The van der Waals surface area contributed by atoms with E-state index >= 15 is 0 Å². The van der Waals surface area contributed by atoms with E-state index in [1.807, 2.05) is 0 Å². The van der Waals surface area contributed by atoms with Crippen LogP contribution in [0.3, 0.4) is 0 Å². The van der Waals surface area contributed by atoms with Crippen LogP contribution in [0.2, 0.25) is 0 Å². The van der Waals surface area contributed by atoms with Crippen LogP contribution in [0.25, 0.3) is 0 Å². The molecular weight excluding hydrogens is 412 g/mol. The Bertz CT molecular complexity index is 1160. The first kappa shape index (κ1) is 21.3. The fourth-order valence-electron chi connectivity index (χ4n) is 3.51. The van der Waals surface area contributed by atoms with Crippen molar-refractivity contribution < 1.29 is 32.6 Å². The number of primary amides is 1. The molecular formula is C20H20N2O7S. The Balaban J connectivity index is 2.12. The van der Waals surface area contributed by atoms with Gasteiger partial charge in [0, 0.05) is 6.26 Å². The Morgan fingerprint density at radius 3 is 2.47 bits per heavy atom. The smallest absolute Gasteiger partial charge is 0.262 e. The number of rotatable bonds is 7. The van der Waals surface area contributed by atoms with Gasteiger partial charge in [-0.05, 0) is 29.3 Å². The lowest BCUT2D eigenvalue weighted by molar-refractivity contribution is -0.117. The largest absolute Gasteiger partial charge is 0.504 e. The number of phenolic OH excluding ortho intramolecular Hbond substituents is 1. The monoisotopic (exact) mass is 432 g/mol. The van der Waals surface area contributed by atoms with E-state index < -0.39 is 39.4 Å². The maximum Gasteiger partial charge on any atom is 0.262 e. The van der Waals surface area contributed by atoms with Crippen LogP contribution in [0.5, 0.6) is 11.5 Å². The molecule has 3 rings (SSSR count). The highest BCUT2D eigenvalue weighted by atomic mass is 32.2. The lowest BCUT2D eigenvalue weighted by atomic mass is 10.0. The van der Waals surface area contributed by atoms with Crippen molar-refractivity contribution in [1.29, 1.82) is 0 Å². The summed E-state index contributed by atoms with van der Waals surface area (Å²) in [5, 5.41) is 10.1. The average Bonchev–Trinajstić information content (AvgIpc) is 2.90. The van der Waals surface area contributed by atoms with Gasteiger partial charge in [0.2, 0.25) is 5.91 Å². The summed E-state index contributed by atoms with van der Waals surface area (Å²) in [5.41, 5.74) is 5.86. The van der Waals surface area contributed by atoms with E-state index in [0.717, 1.165) is 11.2 Å². The van der Waals surface area contributed by atoms with Gasteiger partial charge in [-0.3, -0.25) is 19.3 Å². The number of carbonyl (C=O) groups is 3. The molecule has 3 amide bonds. The number of methoxy groups -OCH3 is 1. The number of imide groups is 1. The predicted molar refractivity (Wildman–Crippen MR) is 107 cm³/mol. The number of sulfone groups is 1. The van der Waals surface area contributed by atoms with Gasteiger partial charge in [0.1, 0.15) is 9.84 Å². The zero-order valence-electron chi connectivity index (χ0n) is 16.3. The molecule has 2 aromatic rings. The third kappa shape index (κ3) is 3.99. The summed E-state index contributed by atoms with van der Waals surface area (Å²) in [5.74, 6) is -2.74. The predicted octanol–water partition coefficient (Wildman–Crippen LogP) is 0.810. The van der Waals surface area contributed by atoms with Crippen molar-refractivity contribution in [2.24, 2.45) is 5.73 Å². The standard InChI is InChI=1S/C20H20N2O7S/c1-29-16-7-6-11(8-15(16)23)14(10-30(2,27)28)22-19(25)13-5-3-4-12(9-17(21)24)18(13)20(22)26/h3-8,14,23H,9-10H2,1-2H3,(H2,21,24). The van der Waals surface area contributed by atoms with Crippen LogP contribution in [-0.2, 0) is 21.1 Å². The van der Waals surface area contributed by atoms with Gasteiger partial charge in [0.15, 0.2) is 11.5 Å². The number of hydrogen-bond donors (Lipinski definition) is 2. The second-order valence-electron chi connectivity index (χ2n) is 7.00. The van der Waals surface area contributed by atoms with E-state index in [4.69, 9.17) is 10.5 Å². The van der Waals surface area contributed by atoms with E-state index in [1.54, 1.807) is 0 Å². The number of benzene rings is 2. The molecule has 0 fully saturated rings. The molecule has 3 N–H and O–H groups in total. The highest BCUT2D eigenvalue weighted by Crippen LogP contribution is 2.37. The summed E-state index contributed by atoms with van der Waals surface area (Å²) in [6.45, 7) is 0. The molecule has 158 valence electrons. The summed E-state index contributed by atoms with van der Waals surface area (Å²) in [4.78, 5) is 38.5. The summed E-state index contributed by atoms with van der Waals surface area (Å²) in [7, 11) is -2.28. The lowest BCUT2D eigenvalue weighted by Gasteiger charge is -2.26. The molecule has 1 atom stereocenters. The number of aromatic hydroxyl groups is 1. The number of fused-ring (bicyclic) bond motifs is 1. The number of nitrogens with two attached hydrogens (primary N) is 1. The van der Waals surface area contributed by atoms with E-state index in [2.05, 4.69) is 0 Å². The Labute approximate surface area is 173 Å². The van der Waals surface area contributed by atoms with Crippen LogP contribution in [-0.4, -0.2) is 55.3 Å². The fourth-order valence-corrected chi connectivity index (χ4v) is 4.43. The SMILES string of the molecule is COc1ccc(C(CS(C)(=O)=O)N2C(=O)c3cccc(CC(N)=O)c3C2=O)cc1O. The van der Waals surface area contributed by atoms with Crippen molar-refractivity contribution in [1.82, 2.24) is 4.90 Å². The zero-order valence-corrected chi connectivity index (χ0v) is 17.1. The molecule has 0 aliphatic carbocycles. The van der Waals surface area contributed by atoms with Crippen molar-refractivity contribution in [2.45, 2.75) is 12.5 Å². The van der Waals surface area contributed by atoms with Crippen LogP contribution in [0.15, 0.2) is 36.4 Å². The lowest BCUT2D eigenvalue weighted by Crippen LogP contribution is -2.37. The molecule has 1 aliphatic heterocycles. The summed E-state index contributed by atoms with van der Waals surface area (Å²) in [6, 6.07) is 7.43. The Morgan fingerprint density at radius 2 is 1.90 bits per heavy atom. The molecule has 10 heteroatoms. The highest BCUT2D eigenvalue weighted by Gasteiger charge is 2.43. The van der Waals surface area contributed by atoms with Gasteiger partial charge < -0.3 is 15.6 Å². The highest BCUT2D eigenvalue weighted by molar-refractivity contribution is 7.90. The molecule has 9 nitrogen and oxygen atoms in total. The zero-order chi connectivity index (χ0) is 22.2. The minimum absolute atomic E-state index is 0.0255. The molecule has 0 saturated heterocycles. The van der Waals surface area contributed by atoms with E-state index in [9.17, 15) is 27.9 Å². The molecule has 0 spiro atoms. The Morgan fingerprint density at radius 1 is 1.20 bits per heavy atom. The van der Waals surface area contributed by atoms with Crippen LogP contribution in [0.4, 0.5) is 0 Å². The van der Waals surface area contributed by atoms with Crippen LogP contribution in [0.1, 0.15) is 37.9 Å². The summed E-state index contributed by atoms with van der Waals surface area (Å²) < 4.78 is 29.2. The van der Waals surface area contributed by atoms with Crippen molar-refractivity contribution in [3.05, 3.63) is 58.7 Å². The summed E-state index contributed by atoms with van der Waals surface area (Å²) >= 11 is 0. The third-order valence-electron chi connectivity index (χ3n) is 4.76. The minimum Gasteiger partial charge on any atom is -0.504 e. The number of phenols is 1. The minimum atomic E-state index is -3.63. The van der Waals surface area contributed by atoms with Crippen LogP contribution < -0.4 is 10.5 Å². The second kappa shape index (κ2) is 7.79. The van der Waals surface area contributed by atoms with Crippen molar-refractivity contribution in [3.63, 3.8) is 0 Å². The molecule has 1 heterocycles. The van der Waals surface area contributed by atoms with Crippen molar-refractivity contribution >= 4 is 27.6 Å². The number of hydrogen-bond acceptors (Lipinski definition) is 7. The number of amides is 3. The van der Waals surface area contributed by atoms with Crippen molar-refractivity contribution in [2.75, 3.05) is 19.1 Å². The van der Waals surface area contributed by atoms with Gasteiger partial charge in [-0.15, -0.1) is 0 Å². The number of ether oxygens (including phenoxy) is 1.